The monoisotopic (exact) mass is 309 g/mol. The smallest absolute Gasteiger partial charge is 0.183 e. The first kappa shape index (κ1) is 14.1. The molecule has 0 spiro atoms. The molecule has 108 valence electrons. The molecule has 1 aliphatic carbocycles. The van der Waals surface area contributed by atoms with Crippen molar-refractivity contribution in [2.24, 2.45) is 0 Å². The van der Waals surface area contributed by atoms with Crippen molar-refractivity contribution in [3.63, 3.8) is 0 Å². The highest BCUT2D eigenvalue weighted by atomic mass is 35.5. The predicted octanol–water partition coefficient (Wildman–Crippen LogP) is 4.24. The molecule has 2 aromatic rings. The van der Waals surface area contributed by atoms with Gasteiger partial charge in [-0.15, -0.1) is 0 Å². The van der Waals surface area contributed by atoms with Gasteiger partial charge in [0.15, 0.2) is 5.13 Å². The number of anilines is 1. The van der Waals surface area contributed by atoms with E-state index in [1.165, 1.54) is 25.7 Å². The third-order valence-electron chi connectivity index (χ3n) is 4.40. The molecule has 0 bridgehead atoms. The Morgan fingerprint density at radius 3 is 2.80 bits per heavy atom. The zero-order chi connectivity index (χ0) is 14.2. The van der Waals surface area contributed by atoms with Crippen LogP contribution in [0.2, 0.25) is 5.02 Å². The quantitative estimate of drug-likeness (QED) is 0.915. The first-order valence-electron chi connectivity index (χ1n) is 7.06. The van der Waals surface area contributed by atoms with Gasteiger partial charge in [-0.3, -0.25) is 0 Å². The number of hydrogen-bond acceptors (Lipinski definition) is 4. The van der Waals surface area contributed by atoms with Crippen molar-refractivity contribution < 1.29 is 0 Å². The Bertz CT molecular complexity index is 602. The Labute approximate surface area is 128 Å². The Hall–Kier alpha value is -0.840. The lowest BCUT2D eigenvalue weighted by atomic mass is 9.96. The fraction of sp³-hybridized carbons (Fsp3) is 0.533. The molecule has 20 heavy (non-hydrogen) atoms. The Morgan fingerprint density at radius 2 is 2.10 bits per heavy atom. The molecule has 3 rings (SSSR count). The summed E-state index contributed by atoms with van der Waals surface area (Å²) in [7, 11) is 4.37. The van der Waals surface area contributed by atoms with Crippen LogP contribution in [-0.2, 0) is 0 Å². The number of halogens is 1. The molecule has 1 aromatic heterocycles. The molecule has 0 saturated heterocycles. The largest absolute Gasteiger partial charge is 0.360 e. The van der Waals surface area contributed by atoms with E-state index in [1.807, 2.05) is 18.2 Å². The molecule has 1 aromatic carbocycles. The van der Waals surface area contributed by atoms with Gasteiger partial charge < -0.3 is 10.2 Å². The van der Waals surface area contributed by atoms with Gasteiger partial charge in [0.1, 0.15) is 0 Å². The van der Waals surface area contributed by atoms with E-state index in [9.17, 15) is 0 Å². The van der Waals surface area contributed by atoms with E-state index in [0.717, 1.165) is 26.9 Å². The summed E-state index contributed by atoms with van der Waals surface area (Å²) in [6.07, 6.45) is 5.19. The third-order valence-corrected chi connectivity index (χ3v) is 5.61. The summed E-state index contributed by atoms with van der Waals surface area (Å²) in [5.41, 5.74) is 1.31. The fourth-order valence-electron chi connectivity index (χ4n) is 3.03. The molecular weight excluding hydrogens is 290 g/mol. The summed E-state index contributed by atoms with van der Waals surface area (Å²) in [5.74, 6) is 0. The average molecular weight is 310 g/mol. The van der Waals surface area contributed by atoms with Crippen LogP contribution in [0.1, 0.15) is 25.7 Å². The molecule has 1 saturated carbocycles. The number of benzene rings is 1. The Kier molecular flexibility index (Phi) is 3.89. The van der Waals surface area contributed by atoms with Gasteiger partial charge in [0.25, 0.3) is 0 Å². The first-order valence-corrected chi connectivity index (χ1v) is 8.26. The van der Waals surface area contributed by atoms with Crippen molar-refractivity contribution in [2.45, 2.75) is 31.2 Å². The van der Waals surface area contributed by atoms with Crippen LogP contribution in [0.3, 0.4) is 0 Å². The Morgan fingerprint density at radius 1 is 1.35 bits per heavy atom. The number of hydrogen-bond donors (Lipinski definition) is 1. The topological polar surface area (TPSA) is 28.2 Å². The van der Waals surface area contributed by atoms with Gasteiger partial charge in [-0.1, -0.05) is 35.8 Å². The van der Waals surface area contributed by atoms with E-state index in [-0.39, 0.29) is 5.54 Å². The number of fused-ring (bicyclic) bond motifs is 1. The lowest BCUT2D eigenvalue weighted by molar-refractivity contribution is 0.172. The number of likely N-dealkylation sites (N-methyl/N-ethyl adjacent to an activating group) is 1. The molecule has 0 atom stereocenters. The van der Waals surface area contributed by atoms with Crippen LogP contribution in [0.4, 0.5) is 5.13 Å². The maximum Gasteiger partial charge on any atom is 0.183 e. The third kappa shape index (κ3) is 2.65. The summed E-state index contributed by atoms with van der Waals surface area (Å²) in [4.78, 5) is 7.01. The highest BCUT2D eigenvalue weighted by Crippen LogP contribution is 2.35. The summed E-state index contributed by atoms with van der Waals surface area (Å²) < 4.78 is 1.14. The highest BCUT2D eigenvalue weighted by molar-refractivity contribution is 7.22. The van der Waals surface area contributed by atoms with E-state index in [4.69, 9.17) is 11.6 Å². The molecule has 0 amide bonds. The molecular formula is C15H20ClN3S. The van der Waals surface area contributed by atoms with Crippen LogP contribution < -0.4 is 5.32 Å². The second-order valence-corrected chi connectivity index (χ2v) is 7.28. The van der Waals surface area contributed by atoms with Crippen molar-refractivity contribution in [1.82, 2.24) is 9.88 Å². The van der Waals surface area contributed by atoms with E-state index in [0.29, 0.717) is 0 Å². The van der Waals surface area contributed by atoms with Crippen molar-refractivity contribution in [3.05, 3.63) is 23.2 Å². The first-order chi connectivity index (χ1) is 9.59. The van der Waals surface area contributed by atoms with Gasteiger partial charge in [0.2, 0.25) is 0 Å². The standard InChI is InChI=1S/C15H20ClN3S/c1-19(2)15(7-3-4-8-15)10-17-14-18-12-6-5-11(16)9-13(12)20-14/h5-6,9H,3-4,7-8,10H2,1-2H3,(H,17,18). The zero-order valence-electron chi connectivity index (χ0n) is 11.9. The molecule has 5 heteroatoms. The SMILES string of the molecule is CN(C)C1(CNc2nc3ccc(Cl)cc3s2)CCCC1. The minimum atomic E-state index is 0.287. The van der Waals surface area contributed by atoms with Crippen molar-refractivity contribution in [1.29, 1.82) is 0 Å². The average Bonchev–Trinajstić information content (AvgIpc) is 3.02. The van der Waals surface area contributed by atoms with Gasteiger partial charge >= 0.3 is 0 Å². The lowest BCUT2D eigenvalue weighted by Crippen LogP contribution is -2.47. The van der Waals surface area contributed by atoms with Crippen LogP contribution in [-0.4, -0.2) is 36.1 Å². The number of thiazole rings is 1. The molecule has 1 heterocycles. The summed E-state index contributed by atoms with van der Waals surface area (Å²) in [6.45, 7) is 0.966. The van der Waals surface area contributed by atoms with Crippen LogP contribution in [0.15, 0.2) is 18.2 Å². The number of nitrogens with one attached hydrogen (secondary N) is 1. The predicted molar refractivity (Wildman–Crippen MR) is 88.0 cm³/mol. The van der Waals surface area contributed by atoms with Crippen LogP contribution in [0.25, 0.3) is 10.2 Å². The number of nitrogens with zero attached hydrogens (tertiary/aromatic N) is 2. The summed E-state index contributed by atoms with van der Waals surface area (Å²) in [6, 6.07) is 5.86. The number of aromatic nitrogens is 1. The van der Waals surface area contributed by atoms with E-state index in [1.54, 1.807) is 11.3 Å². The maximum atomic E-state index is 6.02. The molecule has 1 aliphatic rings. The van der Waals surface area contributed by atoms with Gasteiger partial charge in [0.05, 0.1) is 10.2 Å². The maximum absolute atomic E-state index is 6.02. The molecule has 1 N–H and O–H groups in total. The van der Waals surface area contributed by atoms with Crippen LogP contribution in [0.5, 0.6) is 0 Å². The van der Waals surface area contributed by atoms with Gasteiger partial charge in [-0.2, -0.15) is 0 Å². The van der Waals surface area contributed by atoms with Gasteiger partial charge in [0, 0.05) is 17.1 Å². The molecule has 0 unspecified atom stereocenters. The molecule has 0 aliphatic heterocycles. The number of rotatable bonds is 4. The fourth-order valence-corrected chi connectivity index (χ4v) is 4.17. The Balaban J connectivity index is 1.76. The second kappa shape index (κ2) is 5.51. The van der Waals surface area contributed by atoms with Crippen LogP contribution in [0, 0.1) is 0 Å². The van der Waals surface area contributed by atoms with Gasteiger partial charge in [-0.25, -0.2) is 4.98 Å². The minimum Gasteiger partial charge on any atom is -0.360 e. The summed E-state index contributed by atoms with van der Waals surface area (Å²) in [5, 5.41) is 5.31. The van der Waals surface area contributed by atoms with Crippen molar-refractivity contribution in [3.8, 4) is 0 Å². The van der Waals surface area contributed by atoms with E-state index >= 15 is 0 Å². The van der Waals surface area contributed by atoms with E-state index < -0.39 is 0 Å². The lowest BCUT2D eigenvalue weighted by Gasteiger charge is -2.36. The van der Waals surface area contributed by atoms with E-state index in [2.05, 4.69) is 29.3 Å². The van der Waals surface area contributed by atoms with Crippen molar-refractivity contribution >= 4 is 38.3 Å². The molecule has 0 radical (unpaired) electrons. The van der Waals surface area contributed by atoms with Crippen molar-refractivity contribution in [2.75, 3.05) is 26.0 Å². The highest BCUT2D eigenvalue weighted by Gasteiger charge is 2.35. The van der Waals surface area contributed by atoms with Crippen LogP contribution >= 0.6 is 22.9 Å². The normalized spacial score (nSPS) is 18.0. The minimum absolute atomic E-state index is 0.287. The zero-order valence-corrected chi connectivity index (χ0v) is 13.5. The molecule has 3 nitrogen and oxygen atoms in total. The molecule has 1 fully saturated rings. The van der Waals surface area contributed by atoms with Gasteiger partial charge in [-0.05, 0) is 45.1 Å². The summed E-state index contributed by atoms with van der Waals surface area (Å²) >= 11 is 7.70. The second-order valence-electron chi connectivity index (χ2n) is 5.81.